The Morgan fingerprint density at radius 3 is 2.08 bits per heavy atom. The molecule has 5 heteroatoms. The zero-order valence-corrected chi connectivity index (χ0v) is 17.4. The van der Waals surface area contributed by atoms with Crippen molar-refractivity contribution in [3.8, 4) is 28.6 Å². The van der Waals surface area contributed by atoms with Crippen LogP contribution < -0.4 is 9.47 Å². The topological polar surface area (TPSA) is 67.4 Å². The van der Waals surface area contributed by atoms with Crippen LogP contribution in [-0.2, 0) is 10.8 Å². The van der Waals surface area contributed by atoms with Gasteiger partial charge in [0.1, 0.15) is 11.6 Å². The Labute approximate surface area is 156 Å². The molecule has 0 aliphatic rings. The molecular weight excluding hydrogens is 328 g/mol. The van der Waals surface area contributed by atoms with E-state index in [4.69, 9.17) is 14.5 Å². The lowest BCUT2D eigenvalue weighted by molar-refractivity contribution is 0.240. The van der Waals surface area contributed by atoms with Crippen LogP contribution in [-0.4, -0.2) is 28.3 Å². The van der Waals surface area contributed by atoms with Crippen LogP contribution in [0, 0.1) is 0 Å². The van der Waals surface area contributed by atoms with Crippen molar-refractivity contribution < 1.29 is 14.6 Å². The number of aromatic nitrogens is 2. The maximum Gasteiger partial charge on any atom is 0.169 e. The second-order valence-electron chi connectivity index (χ2n) is 9.00. The van der Waals surface area contributed by atoms with E-state index < -0.39 is 0 Å². The van der Waals surface area contributed by atoms with Gasteiger partial charge in [0.2, 0.25) is 0 Å². The number of hydrogen-bond donors (Lipinski definition) is 2. The minimum absolute atomic E-state index is 0.0176. The molecule has 0 atom stereocenters. The zero-order valence-electron chi connectivity index (χ0n) is 17.4. The summed E-state index contributed by atoms with van der Waals surface area (Å²) in [5, 5.41) is 10.7. The SMILES string of the molecule is COc1cc(OC(C)C)cc(-c2nc(C(C)(C)C)c(C(C)(C)C)[nH]2)c1O. The average Bonchev–Trinajstić information content (AvgIpc) is 2.93. The molecule has 1 aromatic carbocycles. The van der Waals surface area contributed by atoms with Crippen LogP contribution in [0.2, 0.25) is 0 Å². The molecule has 2 N–H and O–H groups in total. The summed E-state index contributed by atoms with van der Waals surface area (Å²) in [7, 11) is 1.53. The van der Waals surface area contributed by atoms with E-state index >= 15 is 0 Å². The molecule has 5 nitrogen and oxygen atoms in total. The summed E-state index contributed by atoms with van der Waals surface area (Å²) < 4.78 is 11.1. The highest BCUT2D eigenvalue weighted by molar-refractivity contribution is 5.71. The maximum atomic E-state index is 10.7. The number of ether oxygens (including phenoxy) is 2. The average molecular weight is 360 g/mol. The van der Waals surface area contributed by atoms with E-state index in [9.17, 15) is 5.11 Å². The second kappa shape index (κ2) is 6.86. The smallest absolute Gasteiger partial charge is 0.169 e. The van der Waals surface area contributed by atoms with E-state index in [0.29, 0.717) is 22.9 Å². The minimum atomic E-state index is -0.122. The molecule has 0 bridgehead atoms. The van der Waals surface area contributed by atoms with Gasteiger partial charge in [-0.05, 0) is 19.9 Å². The Balaban J connectivity index is 2.70. The standard InChI is InChI=1S/C21H32N2O3/c1-12(2)26-13-10-14(16(24)15(11-13)25-9)19-22-17(20(3,4)5)18(23-19)21(6,7)8/h10-12,24H,1-9H3,(H,22,23). The molecule has 26 heavy (non-hydrogen) atoms. The summed E-state index contributed by atoms with van der Waals surface area (Å²) in [5.41, 5.74) is 2.41. The predicted octanol–water partition coefficient (Wildman–Crippen LogP) is 5.17. The molecule has 2 aromatic rings. The first-order valence-electron chi connectivity index (χ1n) is 9.03. The lowest BCUT2D eigenvalue weighted by Gasteiger charge is -2.24. The van der Waals surface area contributed by atoms with Crippen LogP contribution >= 0.6 is 0 Å². The summed E-state index contributed by atoms with van der Waals surface area (Å²) in [5.74, 6) is 1.67. The number of benzene rings is 1. The van der Waals surface area contributed by atoms with Crippen molar-refractivity contribution in [1.29, 1.82) is 0 Å². The van der Waals surface area contributed by atoms with Gasteiger partial charge in [0.05, 0.1) is 24.5 Å². The third kappa shape index (κ3) is 4.14. The highest BCUT2D eigenvalue weighted by Gasteiger charge is 2.30. The van der Waals surface area contributed by atoms with Crippen molar-refractivity contribution in [3.05, 3.63) is 23.5 Å². The quantitative estimate of drug-likeness (QED) is 0.789. The Morgan fingerprint density at radius 2 is 1.65 bits per heavy atom. The van der Waals surface area contributed by atoms with Crippen molar-refractivity contribution in [3.63, 3.8) is 0 Å². The Hall–Kier alpha value is -2.17. The number of phenols is 1. The van der Waals surface area contributed by atoms with E-state index in [-0.39, 0.29) is 22.7 Å². The predicted molar refractivity (Wildman–Crippen MR) is 105 cm³/mol. The molecule has 0 saturated carbocycles. The number of nitrogens with zero attached hydrogens (tertiary/aromatic N) is 1. The molecule has 0 aliphatic carbocycles. The van der Waals surface area contributed by atoms with Crippen molar-refractivity contribution in [1.82, 2.24) is 9.97 Å². The molecule has 0 unspecified atom stereocenters. The number of hydrogen-bond acceptors (Lipinski definition) is 4. The minimum Gasteiger partial charge on any atom is -0.504 e. The number of nitrogens with one attached hydrogen (secondary N) is 1. The fourth-order valence-electron chi connectivity index (χ4n) is 2.85. The molecule has 144 valence electrons. The van der Waals surface area contributed by atoms with Gasteiger partial charge >= 0.3 is 0 Å². The number of aromatic amines is 1. The van der Waals surface area contributed by atoms with Gasteiger partial charge in [0.15, 0.2) is 11.5 Å². The maximum absolute atomic E-state index is 10.7. The van der Waals surface area contributed by atoms with Crippen molar-refractivity contribution in [2.45, 2.75) is 72.3 Å². The highest BCUT2D eigenvalue weighted by atomic mass is 16.5. The molecule has 0 fully saturated rings. The molecule has 1 heterocycles. The van der Waals surface area contributed by atoms with Crippen LogP contribution in [0.4, 0.5) is 0 Å². The molecule has 0 amide bonds. The monoisotopic (exact) mass is 360 g/mol. The number of aromatic hydroxyl groups is 1. The van der Waals surface area contributed by atoms with E-state index in [1.54, 1.807) is 12.1 Å². The molecule has 0 spiro atoms. The summed E-state index contributed by atoms with van der Waals surface area (Å²) in [4.78, 5) is 8.28. The van der Waals surface area contributed by atoms with Crippen LogP contribution in [0.5, 0.6) is 17.2 Å². The van der Waals surface area contributed by atoms with Gasteiger partial charge in [-0.2, -0.15) is 0 Å². The molecule has 0 aliphatic heterocycles. The third-order valence-corrected chi connectivity index (χ3v) is 4.06. The largest absolute Gasteiger partial charge is 0.504 e. The lowest BCUT2D eigenvalue weighted by Crippen LogP contribution is -2.21. The van der Waals surface area contributed by atoms with E-state index in [1.807, 2.05) is 13.8 Å². The molecule has 0 radical (unpaired) electrons. The van der Waals surface area contributed by atoms with Crippen LogP contribution in [0.1, 0.15) is 66.8 Å². The highest BCUT2D eigenvalue weighted by Crippen LogP contribution is 2.42. The summed E-state index contributed by atoms with van der Waals surface area (Å²) in [6.07, 6.45) is 0.0176. The van der Waals surface area contributed by atoms with Crippen molar-refractivity contribution in [2.75, 3.05) is 7.11 Å². The first-order chi connectivity index (χ1) is 11.8. The van der Waals surface area contributed by atoms with Gasteiger partial charge < -0.3 is 19.6 Å². The number of rotatable bonds is 4. The summed E-state index contributed by atoms with van der Waals surface area (Å²) >= 11 is 0. The molecule has 0 saturated heterocycles. The molecule has 1 aromatic heterocycles. The summed E-state index contributed by atoms with van der Waals surface area (Å²) in [6.45, 7) is 16.8. The van der Waals surface area contributed by atoms with Crippen LogP contribution in [0.25, 0.3) is 11.4 Å². The number of H-pyrrole nitrogens is 1. The van der Waals surface area contributed by atoms with Gasteiger partial charge in [-0.1, -0.05) is 41.5 Å². The van der Waals surface area contributed by atoms with Gasteiger partial charge in [0, 0.05) is 22.6 Å². The fraction of sp³-hybridized carbons (Fsp3) is 0.571. The van der Waals surface area contributed by atoms with Crippen molar-refractivity contribution >= 4 is 0 Å². The second-order valence-corrected chi connectivity index (χ2v) is 9.00. The molecular formula is C21H32N2O3. The van der Waals surface area contributed by atoms with E-state index in [0.717, 1.165) is 11.4 Å². The summed E-state index contributed by atoms with van der Waals surface area (Å²) in [6, 6.07) is 3.49. The first kappa shape index (κ1) is 20.1. The third-order valence-electron chi connectivity index (χ3n) is 4.06. The van der Waals surface area contributed by atoms with Crippen LogP contribution in [0.3, 0.4) is 0 Å². The number of methoxy groups -OCH3 is 1. The van der Waals surface area contributed by atoms with Crippen molar-refractivity contribution in [2.24, 2.45) is 0 Å². The van der Waals surface area contributed by atoms with Gasteiger partial charge in [-0.25, -0.2) is 4.98 Å². The zero-order chi connectivity index (χ0) is 19.9. The Bertz CT molecular complexity index is 746. The Morgan fingerprint density at radius 1 is 1.04 bits per heavy atom. The number of imidazole rings is 1. The Kier molecular flexibility index (Phi) is 5.31. The number of phenolic OH excluding ortho intramolecular Hbond substituents is 1. The van der Waals surface area contributed by atoms with Gasteiger partial charge in [-0.3, -0.25) is 0 Å². The molecule has 2 rings (SSSR count). The van der Waals surface area contributed by atoms with Gasteiger partial charge in [-0.15, -0.1) is 0 Å². The first-order valence-corrected chi connectivity index (χ1v) is 9.03. The van der Waals surface area contributed by atoms with Gasteiger partial charge in [0.25, 0.3) is 0 Å². The van der Waals surface area contributed by atoms with E-state index in [1.165, 1.54) is 7.11 Å². The lowest BCUT2D eigenvalue weighted by atomic mass is 9.82. The normalized spacial score (nSPS) is 12.5. The fourth-order valence-corrected chi connectivity index (χ4v) is 2.85. The van der Waals surface area contributed by atoms with Crippen LogP contribution in [0.15, 0.2) is 12.1 Å². The van der Waals surface area contributed by atoms with E-state index in [2.05, 4.69) is 46.5 Å².